The maximum atomic E-state index is 12.6. The molecule has 3 aromatic rings. The molecule has 0 bridgehead atoms. The predicted octanol–water partition coefficient (Wildman–Crippen LogP) is 2.52. The number of hydrogen-bond donors (Lipinski definition) is 0. The van der Waals surface area contributed by atoms with Crippen molar-refractivity contribution < 1.29 is 9.47 Å². The Bertz CT molecular complexity index is 947. The second-order valence-electron chi connectivity index (χ2n) is 5.21. The molecule has 0 saturated heterocycles. The van der Waals surface area contributed by atoms with Crippen molar-refractivity contribution in [3.63, 3.8) is 0 Å². The minimum Gasteiger partial charge on any atom is -0.493 e. The normalized spacial score (nSPS) is 10.5. The van der Waals surface area contributed by atoms with Gasteiger partial charge in [0.1, 0.15) is 13.2 Å². The first-order chi connectivity index (χ1) is 11.8. The van der Waals surface area contributed by atoms with Crippen molar-refractivity contribution in [2.45, 2.75) is 13.1 Å². The molecule has 0 aliphatic carbocycles. The van der Waals surface area contributed by atoms with Crippen molar-refractivity contribution >= 4 is 10.9 Å². The monoisotopic (exact) mass is 322 g/mol. The SMILES string of the molecule is C#CCn1c2ccccc2c(=O)n1CCOc1ccccc1OC. The Morgan fingerprint density at radius 1 is 1.04 bits per heavy atom. The zero-order valence-electron chi connectivity index (χ0n) is 13.4. The molecule has 3 rings (SSSR count). The van der Waals surface area contributed by atoms with E-state index in [2.05, 4.69) is 5.92 Å². The third kappa shape index (κ3) is 2.86. The first-order valence-corrected chi connectivity index (χ1v) is 7.64. The van der Waals surface area contributed by atoms with Crippen LogP contribution < -0.4 is 15.0 Å². The van der Waals surface area contributed by atoms with Gasteiger partial charge in [-0.3, -0.25) is 9.48 Å². The molecule has 0 unspecified atom stereocenters. The van der Waals surface area contributed by atoms with Crippen LogP contribution in [0.5, 0.6) is 11.5 Å². The van der Waals surface area contributed by atoms with Crippen molar-refractivity contribution in [1.82, 2.24) is 9.36 Å². The fourth-order valence-corrected chi connectivity index (χ4v) is 2.72. The fraction of sp³-hybridized carbons (Fsp3) is 0.211. The molecule has 1 heterocycles. The van der Waals surface area contributed by atoms with Crippen LogP contribution >= 0.6 is 0 Å². The largest absolute Gasteiger partial charge is 0.493 e. The van der Waals surface area contributed by atoms with E-state index in [1.165, 1.54) is 0 Å². The third-order valence-corrected chi connectivity index (χ3v) is 3.81. The lowest BCUT2D eigenvalue weighted by molar-refractivity contribution is 0.265. The van der Waals surface area contributed by atoms with Crippen LogP contribution in [0, 0.1) is 12.3 Å². The number of benzene rings is 2. The quantitative estimate of drug-likeness (QED) is 0.655. The summed E-state index contributed by atoms with van der Waals surface area (Å²) in [4.78, 5) is 12.6. The van der Waals surface area contributed by atoms with Crippen molar-refractivity contribution in [3.05, 3.63) is 58.9 Å². The van der Waals surface area contributed by atoms with Crippen LogP contribution in [0.2, 0.25) is 0 Å². The van der Waals surface area contributed by atoms with Gasteiger partial charge < -0.3 is 9.47 Å². The highest BCUT2D eigenvalue weighted by Crippen LogP contribution is 2.25. The molecule has 5 heteroatoms. The summed E-state index contributed by atoms with van der Waals surface area (Å²) in [5, 5.41) is 0.657. The smallest absolute Gasteiger partial charge is 0.274 e. The first kappa shape index (κ1) is 15.8. The van der Waals surface area contributed by atoms with Gasteiger partial charge in [-0.25, -0.2) is 4.68 Å². The van der Waals surface area contributed by atoms with Gasteiger partial charge in [0.05, 0.1) is 24.6 Å². The Balaban J connectivity index is 1.85. The lowest BCUT2D eigenvalue weighted by Crippen LogP contribution is -2.26. The number of fused-ring (bicyclic) bond motifs is 1. The van der Waals surface area contributed by atoms with Crippen LogP contribution in [0.15, 0.2) is 53.3 Å². The van der Waals surface area contributed by atoms with Gasteiger partial charge in [0.2, 0.25) is 0 Å². The maximum Gasteiger partial charge on any atom is 0.274 e. The van der Waals surface area contributed by atoms with Gasteiger partial charge in [-0.1, -0.05) is 30.2 Å². The fourth-order valence-electron chi connectivity index (χ4n) is 2.72. The second kappa shape index (κ2) is 6.97. The van der Waals surface area contributed by atoms with Crippen molar-refractivity contribution in [1.29, 1.82) is 0 Å². The molecule has 0 fully saturated rings. The summed E-state index contributed by atoms with van der Waals surface area (Å²) < 4.78 is 14.5. The Labute approximate surface area is 140 Å². The van der Waals surface area contributed by atoms with E-state index in [4.69, 9.17) is 15.9 Å². The van der Waals surface area contributed by atoms with E-state index >= 15 is 0 Å². The van der Waals surface area contributed by atoms with Gasteiger partial charge in [0.25, 0.3) is 5.56 Å². The van der Waals surface area contributed by atoms with E-state index in [1.54, 1.807) is 11.8 Å². The average Bonchev–Trinajstić information content (AvgIpc) is 2.89. The Morgan fingerprint density at radius 3 is 2.50 bits per heavy atom. The van der Waals surface area contributed by atoms with Crippen LogP contribution in [0.3, 0.4) is 0 Å². The Morgan fingerprint density at radius 2 is 1.75 bits per heavy atom. The number of ether oxygens (including phenoxy) is 2. The zero-order chi connectivity index (χ0) is 16.9. The lowest BCUT2D eigenvalue weighted by atomic mass is 10.2. The summed E-state index contributed by atoms with van der Waals surface area (Å²) in [5.74, 6) is 3.91. The van der Waals surface area contributed by atoms with Crippen LogP contribution in [-0.2, 0) is 13.1 Å². The van der Waals surface area contributed by atoms with Gasteiger partial charge in [-0.2, -0.15) is 0 Å². The van der Waals surface area contributed by atoms with Crippen LogP contribution in [0.1, 0.15) is 0 Å². The molecule has 0 aliphatic rings. The molecule has 0 spiro atoms. The van der Waals surface area contributed by atoms with Crippen molar-refractivity contribution in [2.24, 2.45) is 0 Å². The summed E-state index contributed by atoms with van der Waals surface area (Å²) in [5.41, 5.74) is 0.766. The van der Waals surface area contributed by atoms with E-state index < -0.39 is 0 Å². The standard InChI is InChI=1S/C19H18N2O3/c1-3-12-20-16-9-5-4-8-15(16)19(22)21(20)13-14-24-18-11-7-6-10-17(18)23-2/h1,4-11H,12-14H2,2H3. The lowest BCUT2D eigenvalue weighted by Gasteiger charge is -2.13. The van der Waals surface area contributed by atoms with E-state index in [9.17, 15) is 4.79 Å². The number of terminal acetylenes is 1. The molecule has 5 nitrogen and oxygen atoms in total. The van der Waals surface area contributed by atoms with E-state index in [0.29, 0.717) is 36.6 Å². The molecule has 0 aliphatic heterocycles. The number of aromatic nitrogens is 2. The molecule has 24 heavy (non-hydrogen) atoms. The van der Waals surface area contributed by atoms with Crippen molar-refractivity contribution in [2.75, 3.05) is 13.7 Å². The highest BCUT2D eigenvalue weighted by molar-refractivity contribution is 5.78. The molecular weight excluding hydrogens is 304 g/mol. The maximum absolute atomic E-state index is 12.6. The van der Waals surface area contributed by atoms with Gasteiger partial charge in [0, 0.05) is 0 Å². The van der Waals surface area contributed by atoms with Crippen LogP contribution in [-0.4, -0.2) is 23.1 Å². The zero-order valence-corrected chi connectivity index (χ0v) is 13.4. The topological polar surface area (TPSA) is 45.4 Å². The van der Waals surface area contributed by atoms with E-state index in [-0.39, 0.29) is 5.56 Å². The highest BCUT2D eigenvalue weighted by Gasteiger charge is 2.12. The first-order valence-electron chi connectivity index (χ1n) is 7.64. The summed E-state index contributed by atoms with van der Waals surface area (Å²) in [6, 6.07) is 14.9. The highest BCUT2D eigenvalue weighted by atomic mass is 16.5. The molecule has 0 saturated carbocycles. The molecule has 0 N–H and O–H groups in total. The average molecular weight is 322 g/mol. The second-order valence-corrected chi connectivity index (χ2v) is 5.21. The summed E-state index contributed by atoms with van der Waals surface area (Å²) >= 11 is 0. The van der Waals surface area contributed by atoms with Gasteiger partial charge in [-0.05, 0) is 24.3 Å². The van der Waals surface area contributed by atoms with Crippen molar-refractivity contribution in [3.8, 4) is 23.8 Å². The molecule has 122 valence electrons. The molecule has 1 aromatic heterocycles. The number of hydrogen-bond acceptors (Lipinski definition) is 3. The minimum absolute atomic E-state index is 0.0653. The predicted molar refractivity (Wildman–Crippen MR) is 93.5 cm³/mol. The van der Waals surface area contributed by atoms with E-state index in [1.807, 2.05) is 53.2 Å². The summed E-state index contributed by atoms with van der Waals surface area (Å²) in [6.07, 6.45) is 5.45. The number of methoxy groups -OCH3 is 1. The molecule has 0 atom stereocenters. The minimum atomic E-state index is -0.0653. The molecular formula is C19H18N2O3. The summed E-state index contributed by atoms with van der Waals surface area (Å²) in [6.45, 7) is 1.06. The van der Waals surface area contributed by atoms with Crippen LogP contribution in [0.25, 0.3) is 10.9 Å². The molecule has 0 radical (unpaired) electrons. The number of nitrogens with zero attached hydrogens (tertiary/aromatic N) is 2. The Kier molecular flexibility index (Phi) is 4.57. The molecule has 2 aromatic carbocycles. The van der Waals surface area contributed by atoms with Gasteiger partial charge in [-0.15, -0.1) is 6.42 Å². The molecule has 0 amide bonds. The number of rotatable bonds is 6. The third-order valence-electron chi connectivity index (χ3n) is 3.81. The number of para-hydroxylation sites is 3. The van der Waals surface area contributed by atoms with E-state index in [0.717, 1.165) is 5.52 Å². The van der Waals surface area contributed by atoms with Gasteiger partial charge >= 0.3 is 0 Å². The Hall–Kier alpha value is -3.13. The van der Waals surface area contributed by atoms with Gasteiger partial charge in [0.15, 0.2) is 11.5 Å². The summed E-state index contributed by atoms with van der Waals surface area (Å²) in [7, 11) is 1.59. The van der Waals surface area contributed by atoms with Crippen LogP contribution in [0.4, 0.5) is 0 Å².